The quantitative estimate of drug-likeness (QED) is 0.663. The Balaban J connectivity index is 1.82. The predicted octanol–water partition coefficient (Wildman–Crippen LogP) is 3.27. The van der Waals surface area contributed by atoms with Crippen molar-refractivity contribution in [3.05, 3.63) is 71.3 Å². The van der Waals surface area contributed by atoms with Gasteiger partial charge in [0.1, 0.15) is 11.6 Å². The molecule has 20 heavy (non-hydrogen) atoms. The maximum Gasteiger partial charge on any atom is 0.126 e. The van der Waals surface area contributed by atoms with Gasteiger partial charge >= 0.3 is 0 Å². The van der Waals surface area contributed by atoms with Crippen LogP contribution in [-0.4, -0.2) is 0 Å². The first kappa shape index (κ1) is 13.2. The van der Waals surface area contributed by atoms with Crippen LogP contribution < -0.4 is 11.3 Å². The highest BCUT2D eigenvalue weighted by Crippen LogP contribution is 2.53. The van der Waals surface area contributed by atoms with Crippen LogP contribution in [-0.2, 0) is 0 Å². The standard InChI is InChI=1S/C16H16F2N2/c17-12-6-11(7-13(18)8-12)16(20-19)15-9-14(15)10-4-2-1-3-5-10/h1-8,14-16,20H,9,19H2. The van der Waals surface area contributed by atoms with E-state index in [1.54, 1.807) is 0 Å². The molecule has 2 nitrogen and oxygen atoms in total. The molecule has 0 aromatic heterocycles. The lowest BCUT2D eigenvalue weighted by atomic mass is 9.99. The van der Waals surface area contributed by atoms with Gasteiger partial charge in [-0.25, -0.2) is 8.78 Å². The van der Waals surface area contributed by atoms with Crippen molar-refractivity contribution in [3.63, 3.8) is 0 Å². The van der Waals surface area contributed by atoms with Crippen molar-refractivity contribution >= 4 is 0 Å². The van der Waals surface area contributed by atoms with Crippen LogP contribution in [0.25, 0.3) is 0 Å². The Morgan fingerprint density at radius 1 is 1.05 bits per heavy atom. The van der Waals surface area contributed by atoms with Crippen molar-refractivity contribution in [3.8, 4) is 0 Å². The summed E-state index contributed by atoms with van der Waals surface area (Å²) in [5, 5.41) is 0. The van der Waals surface area contributed by atoms with Crippen LogP contribution in [0.15, 0.2) is 48.5 Å². The molecular weight excluding hydrogens is 258 g/mol. The second-order valence-electron chi connectivity index (χ2n) is 5.26. The summed E-state index contributed by atoms with van der Waals surface area (Å²) in [5.74, 6) is 5.11. The summed E-state index contributed by atoms with van der Waals surface area (Å²) >= 11 is 0. The lowest BCUT2D eigenvalue weighted by Gasteiger charge is -2.17. The first-order valence-corrected chi connectivity index (χ1v) is 6.66. The summed E-state index contributed by atoms with van der Waals surface area (Å²) in [6.45, 7) is 0. The lowest BCUT2D eigenvalue weighted by molar-refractivity contribution is 0.478. The molecule has 0 amide bonds. The normalized spacial score (nSPS) is 22.6. The van der Waals surface area contributed by atoms with Gasteiger partial charge < -0.3 is 0 Å². The monoisotopic (exact) mass is 274 g/mol. The third-order valence-corrected chi connectivity index (χ3v) is 3.92. The minimum atomic E-state index is -0.572. The third kappa shape index (κ3) is 2.57. The second kappa shape index (κ2) is 5.31. The molecule has 1 saturated carbocycles. The Morgan fingerprint density at radius 2 is 1.70 bits per heavy atom. The van der Waals surface area contributed by atoms with E-state index in [0.717, 1.165) is 12.5 Å². The lowest BCUT2D eigenvalue weighted by Crippen LogP contribution is -2.30. The summed E-state index contributed by atoms with van der Waals surface area (Å²) in [5.41, 5.74) is 4.51. The molecule has 0 saturated heterocycles. The van der Waals surface area contributed by atoms with Crippen LogP contribution >= 0.6 is 0 Å². The Bertz CT molecular complexity index is 580. The minimum Gasteiger partial charge on any atom is -0.271 e. The van der Waals surface area contributed by atoms with E-state index in [4.69, 9.17) is 5.84 Å². The third-order valence-electron chi connectivity index (χ3n) is 3.92. The fraction of sp³-hybridized carbons (Fsp3) is 0.250. The van der Waals surface area contributed by atoms with E-state index in [9.17, 15) is 8.78 Å². The SMILES string of the molecule is NNC(c1cc(F)cc(F)c1)C1CC1c1ccccc1. The summed E-state index contributed by atoms with van der Waals surface area (Å²) in [6, 6.07) is 13.4. The van der Waals surface area contributed by atoms with Crippen molar-refractivity contribution < 1.29 is 8.78 Å². The smallest absolute Gasteiger partial charge is 0.126 e. The maximum absolute atomic E-state index is 13.3. The summed E-state index contributed by atoms with van der Waals surface area (Å²) in [7, 11) is 0. The van der Waals surface area contributed by atoms with Crippen molar-refractivity contribution in [2.45, 2.75) is 18.4 Å². The first-order chi connectivity index (χ1) is 9.69. The largest absolute Gasteiger partial charge is 0.271 e. The van der Waals surface area contributed by atoms with Crippen LogP contribution in [0, 0.1) is 17.6 Å². The van der Waals surface area contributed by atoms with Crippen molar-refractivity contribution in [2.24, 2.45) is 11.8 Å². The fourth-order valence-corrected chi connectivity index (χ4v) is 2.89. The zero-order valence-corrected chi connectivity index (χ0v) is 10.9. The molecule has 0 radical (unpaired) electrons. The molecule has 1 aliphatic carbocycles. The summed E-state index contributed by atoms with van der Waals surface area (Å²) < 4.78 is 26.6. The van der Waals surface area contributed by atoms with Gasteiger partial charge in [-0.2, -0.15) is 0 Å². The molecule has 0 heterocycles. The van der Waals surface area contributed by atoms with E-state index in [2.05, 4.69) is 17.6 Å². The molecular formula is C16H16F2N2. The van der Waals surface area contributed by atoms with Gasteiger partial charge in [-0.3, -0.25) is 11.3 Å². The van der Waals surface area contributed by atoms with Gasteiger partial charge in [0.25, 0.3) is 0 Å². The van der Waals surface area contributed by atoms with Crippen LogP contribution in [0.5, 0.6) is 0 Å². The summed E-state index contributed by atoms with van der Waals surface area (Å²) in [4.78, 5) is 0. The number of nitrogens with two attached hydrogens (primary N) is 1. The van der Waals surface area contributed by atoms with Gasteiger partial charge in [0.05, 0.1) is 0 Å². The molecule has 0 spiro atoms. The van der Waals surface area contributed by atoms with Gasteiger partial charge in [-0.05, 0) is 41.5 Å². The van der Waals surface area contributed by atoms with E-state index in [1.807, 2.05) is 18.2 Å². The zero-order chi connectivity index (χ0) is 14.1. The highest BCUT2D eigenvalue weighted by atomic mass is 19.1. The Labute approximate surface area is 116 Å². The maximum atomic E-state index is 13.3. The molecule has 4 heteroatoms. The van der Waals surface area contributed by atoms with Crippen molar-refractivity contribution in [1.82, 2.24) is 5.43 Å². The molecule has 1 aliphatic rings. The van der Waals surface area contributed by atoms with Crippen LogP contribution in [0.1, 0.15) is 29.5 Å². The molecule has 0 aliphatic heterocycles. The summed E-state index contributed by atoms with van der Waals surface area (Å²) in [6.07, 6.45) is 0.969. The predicted molar refractivity (Wildman–Crippen MR) is 73.7 cm³/mol. The highest BCUT2D eigenvalue weighted by Gasteiger charge is 2.44. The number of hydrogen-bond donors (Lipinski definition) is 2. The molecule has 0 bridgehead atoms. The van der Waals surface area contributed by atoms with Crippen LogP contribution in [0.2, 0.25) is 0 Å². The van der Waals surface area contributed by atoms with Gasteiger partial charge in [0.2, 0.25) is 0 Å². The van der Waals surface area contributed by atoms with E-state index in [1.165, 1.54) is 17.7 Å². The molecule has 3 atom stereocenters. The molecule has 2 aromatic carbocycles. The average Bonchev–Trinajstić information content (AvgIpc) is 3.20. The van der Waals surface area contributed by atoms with Gasteiger partial charge in [0.15, 0.2) is 0 Å². The highest BCUT2D eigenvalue weighted by molar-refractivity contribution is 5.31. The van der Waals surface area contributed by atoms with Gasteiger partial charge in [-0.15, -0.1) is 0 Å². The molecule has 104 valence electrons. The van der Waals surface area contributed by atoms with Gasteiger partial charge in [-0.1, -0.05) is 30.3 Å². The zero-order valence-electron chi connectivity index (χ0n) is 10.9. The minimum absolute atomic E-state index is 0.231. The average molecular weight is 274 g/mol. The Hall–Kier alpha value is -1.78. The van der Waals surface area contributed by atoms with E-state index < -0.39 is 11.6 Å². The number of nitrogens with one attached hydrogen (secondary N) is 1. The van der Waals surface area contributed by atoms with Crippen LogP contribution in [0.4, 0.5) is 8.78 Å². The molecule has 3 N–H and O–H groups in total. The van der Waals surface area contributed by atoms with Crippen LogP contribution in [0.3, 0.4) is 0 Å². The molecule has 3 unspecified atom stereocenters. The van der Waals surface area contributed by atoms with E-state index in [-0.39, 0.29) is 12.0 Å². The first-order valence-electron chi connectivity index (χ1n) is 6.66. The number of halogens is 2. The van der Waals surface area contributed by atoms with Crippen molar-refractivity contribution in [2.75, 3.05) is 0 Å². The fourth-order valence-electron chi connectivity index (χ4n) is 2.89. The van der Waals surface area contributed by atoms with E-state index >= 15 is 0 Å². The molecule has 3 rings (SSSR count). The number of hydrogen-bond acceptors (Lipinski definition) is 2. The van der Waals surface area contributed by atoms with Gasteiger partial charge in [0, 0.05) is 12.1 Å². The molecule has 2 aromatic rings. The van der Waals surface area contributed by atoms with Crippen molar-refractivity contribution in [1.29, 1.82) is 0 Å². The molecule has 1 fully saturated rings. The Kier molecular flexibility index (Phi) is 3.51. The second-order valence-corrected chi connectivity index (χ2v) is 5.26. The number of hydrazine groups is 1. The number of rotatable bonds is 4. The topological polar surface area (TPSA) is 38.0 Å². The number of benzene rings is 2. The Morgan fingerprint density at radius 3 is 2.30 bits per heavy atom. The van der Waals surface area contributed by atoms with E-state index in [0.29, 0.717) is 11.5 Å².